The fraction of sp³-hybridized carbons (Fsp3) is 0.667. The summed E-state index contributed by atoms with van der Waals surface area (Å²) in [5.41, 5.74) is 4.08. The van der Waals surface area contributed by atoms with E-state index in [-0.39, 0.29) is 10.8 Å². The van der Waals surface area contributed by atoms with Crippen LogP contribution in [0.3, 0.4) is 0 Å². The van der Waals surface area contributed by atoms with Crippen LogP contribution < -0.4 is 4.52 Å². The smallest absolute Gasteiger partial charge is 0.404 e. The van der Waals surface area contributed by atoms with Crippen LogP contribution in [0, 0.1) is 0 Å². The molecular weight excluding hydrogens is 311 g/mol. The third-order valence-electron chi connectivity index (χ3n) is 3.93. The molecule has 4 nitrogen and oxygen atoms in total. The second-order valence-electron chi connectivity index (χ2n) is 8.05. The summed E-state index contributed by atoms with van der Waals surface area (Å²) in [5, 5.41) is 0. The van der Waals surface area contributed by atoms with Crippen LogP contribution in [0.1, 0.15) is 77.6 Å². The normalized spacial score (nSPS) is 13.3. The van der Waals surface area contributed by atoms with Crippen molar-refractivity contribution in [3.8, 4) is 5.75 Å². The van der Waals surface area contributed by atoms with Gasteiger partial charge in [-0.3, -0.25) is 9.79 Å². The Morgan fingerprint density at radius 3 is 1.74 bits per heavy atom. The molecule has 2 N–H and O–H groups in total. The van der Waals surface area contributed by atoms with Crippen LogP contribution in [0.2, 0.25) is 0 Å². The van der Waals surface area contributed by atoms with Crippen LogP contribution in [-0.2, 0) is 28.2 Å². The second kappa shape index (κ2) is 6.58. The summed E-state index contributed by atoms with van der Waals surface area (Å²) in [4.78, 5) is 18.6. The topological polar surface area (TPSA) is 66.8 Å². The second-order valence-corrected chi connectivity index (χ2v) is 9.22. The molecule has 0 amide bonds. The first-order valence-electron chi connectivity index (χ1n) is 8.17. The minimum Gasteiger partial charge on any atom is -0.404 e. The predicted molar refractivity (Wildman–Crippen MR) is 95.3 cm³/mol. The molecule has 5 heteroatoms. The quantitative estimate of drug-likeness (QED) is 0.766. The molecule has 0 atom stereocenters. The van der Waals surface area contributed by atoms with E-state index in [1.807, 2.05) is 26.8 Å². The minimum atomic E-state index is -4.60. The fourth-order valence-electron chi connectivity index (χ4n) is 3.36. The van der Waals surface area contributed by atoms with Crippen LogP contribution in [0.5, 0.6) is 5.75 Å². The van der Waals surface area contributed by atoms with Crippen LogP contribution >= 0.6 is 7.82 Å². The van der Waals surface area contributed by atoms with Gasteiger partial charge < -0.3 is 4.52 Å². The molecule has 0 fully saturated rings. The maximum atomic E-state index is 11.4. The Kier molecular flexibility index (Phi) is 5.79. The molecule has 0 heterocycles. The van der Waals surface area contributed by atoms with E-state index in [0.29, 0.717) is 5.75 Å². The lowest BCUT2D eigenvalue weighted by atomic mass is 9.72. The highest BCUT2D eigenvalue weighted by Gasteiger charge is 2.32. The van der Waals surface area contributed by atoms with Crippen LogP contribution in [0.4, 0.5) is 0 Å². The molecule has 132 valence electrons. The van der Waals surface area contributed by atoms with Crippen molar-refractivity contribution in [3.05, 3.63) is 28.3 Å². The molecule has 0 aliphatic rings. The highest BCUT2D eigenvalue weighted by atomic mass is 31.2. The molecule has 1 aromatic rings. The van der Waals surface area contributed by atoms with Gasteiger partial charge in [-0.25, -0.2) is 4.57 Å². The molecule has 0 unspecified atom stereocenters. The standard InChI is InChI=1S/C18H31O4P/c1-9-12-11-14(22-23(19,20)21)16(18(6,7)8)13(10-2)15(12)17(3,4)5/h11H,9-10H2,1-8H3,(H2,19,20,21). The number of phosphoric ester groups is 1. The van der Waals surface area contributed by atoms with Crippen molar-refractivity contribution in [1.82, 2.24) is 0 Å². The average Bonchev–Trinajstić information content (AvgIpc) is 2.31. The van der Waals surface area contributed by atoms with Crippen LogP contribution in [-0.4, -0.2) is 9.79 Å². The lowest BCUT2D eigenvalue weighted by Crippen LogP contribution is -2.23. The predicted octanol–water partition coefficient (Wildman–Crippen LogP) is 4.88. The maximum Gasteiger partial charge on any atom is 0.524 e. The number of hydrogen-bond acceptors (Lipinski definition) is 2. The number of rotatable bonds is 4. The molecule has 0 bridgehead atoms. The first kappa shape index (κ1) is 20.2. The van der Waals surface area contributed by atoms with Crippen molar-refractivity contribution in [2.45, 2.75) is 79.1 Å². The molecule has 0 aliphatic carbocycles. The molecular formula is C18H31O4P. The van der Waals surface area contributed by atoms with Gasteiger partial charge in [-0.05, 0) is 46.4 Å². The lowest BCUT2D eigenvalue weighted by Gasteiger charge is -2.33. The summed E-state index contributed by atoms with van der Waals surface area (Å²) in [6.07, 6.45) is 1.59. The fourth-order valence-corrected chi connectivity index (χ4v) is 3.76. The number of phosphoric acid groups is 1. The molecule has 0 aliphatic heterocycles. The van der Waals surface area contributed by atoms with Gasteiger partial charge in [-0.2, -0.15) is 0 Å². The zero-order chi connectivity index (χ0) is 18.2. The van der Waals surface area contributed by atoms with Gasteiger partial charge in [0.1, 0.15) is 5.75 Å². The van der Waals surface area contributed by atoms with E-state index in [2.05, 4.69) is 34.6 Å². The zero-order valence-corrected chi connectivity index (χ0v) is 16.5. The Morgan fingerprint density at radius 1 is 0.957 bits per heavy atom. The van der Waals surface area contributed by atoms with Gasteiger partial charge in [-0.1, -0.05) is 55.4 Å². The summed E-state index contributed by atoms with van der Waals surface area (Å²) in [6, 6.07) is 1.82. The molecule has 0 aromatic heterocycles. The maximum absolute atomic E-state index is 11.4. The van der Waals surface area contributed by atoms with Crippen molar-refractivity contribution < 1.29 is 18.9 Å². The van der Waals surface area contributed by atoms with Gasteiger partial charge in [0.15, 0.2) is 0 Å². The van der Waals surface area contributed by atoms with Gasteiger partial charge in [0.2, 0.25) is 0 Å². The van der Waals surface area contributed by atoms with Gasteiger partial charge in [0.05, 0.1) is 0 Å². The van der Waals surface area contributed by atoms with Crippen molar-refractivity contribution in [3.63, 3.8) is 0 Å². The lowest BCUT2D eigenvalue weighted by molar-refractivity contribution is 0.280. The van der Waals surface area contributed by atoms with Gasteiger partial charge in [0, 0.05) is 5.56 Å². The van der Waals surface area contributed by atoms with E-state index in [4.69, 9.17) is 4.52 Å². The van der Waals surface area contributed by atoms with Crippen molar-refractivity contribution in [2.24, 2.45) is 0 Å². The summed E-state index contributed by atoms with van der Waals surface area (Å²) in [5.74, 6) is 0.313. The Balaban J connectivity index is 3.90. The van der Waals surface area contributed by atoms with E-state index in [1.54, 1.807) is 0 Å². The van der Waals surface area contributed by atoms with Crippen LogP contribution in [0.25, 0.3) is 0 Å². The van der Waals surface area contributed by atoms with E-state index >= 15 is 0 Å². The molecule has 0 saturated heterocycles. The average molecular weight is 342 g/mol. The Labute approximate surface area is 140 Å². The Morgan fingerprint density at radius 2 is 1.43 bits per heavy atom. The largest absolute Gasteiger partial charge is 0.524 e. The summed E-state index contributed by atoms with van der Waals surface area (Å²) >= 11 is 0. The van der Waals surface area contributed by atoms with Gasteiger partial charge in [-0.15, -0.1) is 0 Å². The number of aryl methyl sites for hydroxylation is 1. The Hall–Kier alpha value is -0.830. The third kappa shape index (κ3) is 4.82. The summed E-state index contributed by atoms with van der Waals surface area (Å²) in [6.45, 7) is 16.8. The molecule has 1 rings (SSSR count). The molecule has 0 saturated carbocycles. The minimum absolute atomic E-state index is 0.0443. The van der Waals surface area contributed by atoms with Crippen LogP contribution in [0.15, 0.2) is 6.07 Å². The van der Waals surface area contributed by atoms with E-state index in [1.165, 1.54) is 5.56 Å². The highest BCUT2D eigenvalue weighted by molar-refractivity contribution is 7.46. The third-order valence-corrected chi connectivity index (χ3v) is 4.36. The van der Waals surface area contributed by atoms with E-state index in [0.717, 1.165) is 29.5 Å². The Bertz CT molecular complexity index is 615. The monoisotopic (exact) mass is 342 g/mol. The van der Waals surface area contributed by atoms with Crippen molar-refractivity contribution in [1.29, 1.82) is 0 Å². The zero-order valence-electron chi connectivity index (χ0n) is 15.6. The molecule has 1 aromatic carbocycles. The summed E-state index contributed by atoms with van der Waals surface area (Å²) < 4.78 is 16.5. The van der Waals surface area contributed by atoms with E-state index < -0.39 is 7.82 Å². The SMILES string of the molecule is CCc1cc(OP(=O)(O)O)c(C(C)(C)C)c(CC)c1C(C)(C)C. The van der Waals surface area contributed by atoms with Gasteiger partial charge >= 0.3 is 7.82 Å². The summed E-state index contributed by atoms with van der Waals surface area (Å²) in [7, 11) is -4.60. The number of hydrogen-bond donors (Lipinski definition) is 2. The van der Waals surface area contributed by atoms with E-state index in [9.17, 15) is 14.4 Å². The van der Waals surface area contributed by atoms with Crippen molar-refractivity contribution >= 4 is 7.82 Å². The number of benzene rings is 1. The van der Waals surface area contributed by atoms with Crippen molar-refractivity contribution in [2.75, 3.05) is 0 Å². The first-order chi connectivity index (χ1) is 10.2. The molecule has 0 spiro atoms. The van der Waals surface area contributed by atoms with Gasteiger partial charge in [0.25, 0.3) is 0 Å². The molecule has 23 heavy (non-hydrogen) atoms. The first-order valence-corrected chi connectivity index (χ1v) is 9.70. The highest BCUT2D eigenvalue weighted by Crippen LogP contribution is 2.47. The molecule has 0 radical (unpaired) electrons.